The first-order chi connectivity index (χ1) is 58.1. The van der Waals surface area contributed by atoms with Crippen LogP contribution in [0.15, 0.2) is 315 Å². The molecule has 0 aromatic heterocycles. The van der Waals surface area contributed by atoms with E-state index in [1.807, 2.05) is 48.5 Å². The highest BCUT2D eigenvalue weighted by Gasteiger charge is 2.76. The Morgan fingerprint density at radius 2 is 0.258 bits per heavy atom. The van der Waals surface area contributed by atoms with Crippen LogP contribution in [-0.4, -0.2) is 33.6 Å². The quantitative estimate of drug-likeness (QED) is 0.0893. The molecule has 14 rings (SSSR count). The molecule has 2 aliphatic heterocycles. The van der Waals surface area contributed by atoms with E-state index in [1.54, 1.807) is 0 Å². The zero-order chi connectivity index (χ0) is 84.6. The summed E-state index contributed by atoms with van der Waals surface area (Å²) in [5, 5.41) is 0. The van der Waals surface area contributed by atoms with Gasteiger partial charge in [0.05, 0.1) is 0 Å². The van der Waals surface area contributed by atoms with E-state index in [9.17, 15) is 0 Å². The first kappa shape index (κ1) is 85.1. The molecule has 0 aliphatic carbocycles. The number of nitrogens with zero attached hydrogens (tertiary/aromatic N) is 4. The molecule has 0 radical (unpaired) electrons. The molecule has 0 saturated carbocycles. The van der Waals surface area contributed by atoms with Gasteiger partial charge in [-0.15, -0.1) is 0 Å². The van der Waals surface area contributed by atoms with Crippen molar-refractivity contribution in [2.24, 2.45) is 0 Å². The molecule has 0 atom stereocenters. The minimum Gasteiger partial charge on any atom is -0.353 e. The zero-order valence-corrected chi connectivity index (χ0v) is 76.4. The number of hydrogen-bond acceptors (Lipinski definition) is 4. The summed E-state index contributed by atoms with van der Waals surface area (Å²) in [6.45, 7) is 36.8. The van der Waals surface area contributed by atoms with Crippen molar-refractivity contribution in [3.63, 3.8) is 0 Å². The van der Waals surface area contributed by atoms with Gasteiger partial charge in [0, 0.05) is 67.3 Å². The van der Waals surface area contributed by atoms with E-state index in [0.29, 0.717) is 0 Å². The Morgan fingerprint density at radius 3 is 0.358 bits per heavy atom. The monoisotopic (exact) mass is 1620 g/mol. The topological polar surface area (TPSA) is 13.0 Å². The van der Waals surface area contributed by atoms with Gasteiger partial charge >= 0.3 is 33.6 Å². The summed E-state index contributed by atoms with van der Waals surface area (Å²) >= 11 is 0. The Labute approximate surface area is 722 Å². The van der Waals surface area contributed by atoms with Gasteiger partial charge in [0.1, 0.15) is 0 Å². The molecule has 120 heavy (non-hydrogen) atoms. The molecule has 0 amide bonds. The van der Waals surface area contributed by atoms with Crippen molar-refractivity contribution in [2.75, 3.05) is 16.9 Å². The second kappa shape index (κ2) is 38.3. The first-order valence-corrected chi connectivity index (χ1v) is 50.1. The molecular formula is C112H108N4Si4. The third-order valence-electron chi connectivity index (χ3n) is 22.1. The number of para-hydroxylation sites is 4. The van der Waals surface area contributed by atoms with E-state index in [-0.39, 0.29) is 47.3 Å². The van der Waals surface area contributed by atoms with Crippen molar-refractivity contribution in [3.05, 3.63) is 404 Å². The zero-order valence-electron chi connectivity index (χ0n) is 72.4. The molecule has 4 nitrogen and oxygen atoms in total. The van der Waals surface area contributed by atoms with E-state index in [0.717, 1.165) is 44.5 Å². The van der Waals surface area contributed by atoms with Crippen LogP contribution in [0.3, 0.4) is 0 Å². The van der Waals surface area contributed by atoms with Crippen LogP contribution < -0.4 is 16.9 Å². The van der Waals surface area contributed by atoms with Gasteiger partial charge in [-0.2, -0.15) is 0 Å². The minimum atomic E-state index is -3.57. The molecule has 0 bridgehead atoms. The lowest BCUT2D eigenvalue weighted by atomic mass is 9.93. The number of benzene rings is 12. The molecule has 12 aromatic rings. The van der Waals surface area contributed by atoms with Gasteiger partial charge in [0.2, 0.25) is 0 Å². The lowest BCUT2D eigenvalue weighted by molar-refractivity contribution is 0.826. The van der Waals surface area contributed by atoms with Gasteiger partial charge in [-0.25, -0.2) is 0 Å². The van der Waals surface area contributed by atoms with Crippen molar-refractivity contribution >= 4 is 56.3 Å². The van der Waals surface area contributed by atoms with Crippen LogP contribution in [0.1, 0.15) is 247 Å². The molecule has 8 heteroatoms. The van der Waals surface area contributed by atoms with Crippen molar-refractivity contribution in [1.29, 1.82) is 0 Å². The van der Waals surface area contributed by atoms with Gasteiger partial charge < -0.3 is 16.9 Å². The third kappa shape index (κ3) is 18.1. The fourth-order valence-electron chi connectivity index (χ4n) is 16.1. The minimum absolute atomic E-state index is 0.216. The normalized spacial score (nSPS) is 13.6. The summed E-state index contributed by atoms with van der Waals surface area (Å²) in [6.07, 6.45) is 0. The largest absolute Gasteiger partial charge is 0.421 e. The Balaban J connectivity index is 0.000000207. The molecule has 2 heterocycles. The fourth-order valence-corrected chi connectivity index (χ4v) is 37.4. The summed E-state index contributed by atoms with van der Waals surface area (Å²) in [5.74, 6) is 31.8. The van der Waals surface area contributed by atoms with Crippen LogP contribution >= 0.6 is 0 Å². The molecule has 2 aliphatic rings. The fraction of sp³-hybridized carbons (Fsp3) is 0.214. The molecule has 2 saturated heterocycles. The number of rotatable bonds is 12. The number of hydrogen-bond donors (Lipinski definition) is 0. The van der Waals surface area contributed by atoms with Crippen LogP contribution in [-0.2, 0) is 0 Å². The Kier molecular flexibility index (Phi) is 27.1. The maximum absolute atomic E-state index is 4.10. The van der Waals surface area contributed by atoms with Gasteiger partial charge in [-0.1, -0.05) is 421 Å². The molecule has 592 valence electrons. The second-order valence-electron chi connectivity index (χ2n) is 33.3. The Bertz CT molecular complexity index is 5020. The molecule has 2 fully saturated rings. The molecular weight excluding hydrogens is 1510 g/mol. The van der Waals surface area contributed by atoms with Crippen LogP contribution in [0.5, 0.6) is 0 Å². The van der Waals surface area contributed by atoms with Gasteiger partial charge in [0.25, 0.3) is 0 Å². The van der Waals surface area contributed by atoms with Crippen LogP contribution in [0.2, 0.25) is 0 Å². The predicted octanol–water partition coefficient (Wildman–Crippen LogP) is 25.5. The van der Waals surface area contributed by atoms with Crippen molar-refractivity contribution in [1.82, 2.24) is 0 Å². The second-order valence-corrected chi connectivity index (χ2v) is 46.1. The Hall–Kier alpha value is -12.8. The third-order valence-corrected chi connectivity index (χ3v) is 40.6. The standard InChI is InChI=1S/2C56H54N2Si2/c2*1-43(2)51-31-21-32-52(44(3)4)55(51)57-59(39-35-47-23-13-9-14-24-47,40-36-48-25-15-10-16-26-48)58(56-53(45(5)6)33-22-34-54(56)46(7)8)60(57,41-37-49-27-17-11-18-28-49)42-38-50-29-19-12-20-30-50/h2*9-34,43-46H,1-8H3. The number of anilines is 4. The summed E-state index contributed by atoms with van der Waals surface area (Å²) < 4.78 is 10.7. The van der Waals surface area contributed by atoms with Crippen LogP contribution in [0.4, 0.5) is 22.7 Å². The molecule has 0 spiro atoms. The molecule has 0 N–H and O–H groups in total. The van der Waals surface area contributed by atoms with Gasteiger partial charge in [0.15, 0.2) is 0 Å². The van der Waals surface area contributed by atoms with E-state index >= 15 is 0 Å². The smallest absolute Gasteiger partial charge is 0.353 e. The summed E-state index contributed by atoms with van der Waals surface area (Å²) in [7, 11) is -14.3. The van der Waals surface area contributed by atoms with Crippen molar-refractivity contribution in [2.45, 2.75) is 158 Å². The van der Waals surface area contributed by atoms with E-state index in [1.165, 1.54) is 67.3 Å². The van der Waals surface area contributed by atoms with Crippen molar-refractivity contribution in [3.8, 4) is 91.7 Å². The van der Waals surface area contributed by atoms with Gasteiger partial charge in [-0.3, -0.25) is 0 Å². The highest BCUT2D eigenvalue weighted by atomic mass is 28.5. The van der Waals surface area contributed by atoms with E-state index in [2.05, 4.69) is 486 Å². The molecule has 0 unspecified atom stereocenters. The van der Waals surface area contributed by atoms with Crippen LogP contribution in [0, 0.1) is 91.7 Å². The van der Waals surface area contributed by atoms with Gasteiger partial charge in [-0.05, 0) is 189 Å². The van der Waals surface area contributed by atoms with Crippen molar-refractivity contribution < 1.29 is 0 Å². The van der Waals surface area contributed by atoms with E-state index in [4.69, 9.17) is 0 Å². The highest BCUT2D eigenvalue weighted by molar-refractivity contribution is 7.33. The SMILES string of the molecule is CC(C)c1cccc(C(C)C)c1N1[Si](C#Cc2ccccc2)(C#Cc2ccccc2)N(c2c(C(C)C)cccc2C(C)C)[Si]1(C#Cc1ccccc1)C#Cc1ccccc1.CC(C)c1cccc(C(C)C)c1N1[Si](C#Cc2ccccc2)(C#Cc2ccccc2)N(c2c(C(C)C)cccc2C(C)C)[Si]1(C#Cc1ccccc1)C#Cc1ccccc1. The average Bonchev–Trinajstić information content (AvgIpc) is 0.666. The maximum atomic E-state index is 4.10. The first-order valence-electron chi connectivity index (χ1n) is 42.5. The van der Waals surface area contributed by atoms with E-state index < -0.39 is 33.6 Å². The van der Waals surface area contributed by atoms with Crippen LogP contribution in [0.25, 0.3) is 0 Å². The maximum Gasteiger partial charge on any atom is 0.421 e. The summed E-state index contributed by atoms with van der Waals surface area (Å²) in [5.41, 5.74) is 55.3. The predicted molar refractivity (Wildman–Crippen MR) is 518 cm³/mol. The highest BCUT2D eigenvalue weighted by Crippen LogP contribution is 2.55. The average molecular weight is 1620 g/mol. The Morgan fingerprint density at radius 1 is 0.150 bits per heavy atom. The summed E-state index contributed by atoms with van der Waals surface area (Å²) in [4.78, 5) is 0. The lowest BCUT2D eigenvalue weighted by Gasteiger charge is -2.65. The lowest BCUT2D eigenvalue weighted by Crippen LogP contribution is -2.95. The summed E-state index contributed by atoms with van der Waals surface area (Å²) in [6, 6.07) is 110. The molecule has 12 aromatic carbocycles.